The molecule has 4 rings (SSSR count). The summed E-state index contributed by atoms with van der Waals surface area (Å²) in [5.74, 6) is 2.32. The maximum absolute atomic E-state index is 11.7. The second-order valence-corrected chi connectivity index (χ2v) is 5.55. The number of methoxy groups -OCH3 is 1. The van der Waals surface area contributed by atoms with Gasteiger partial charge in [0.2, 0.25) is 0 Å². The highest BCUT2D eigenvalue weighted by atomic mass is 16.5. The molecule has 2 heterocycles. The molecule has 0 spiro atoms. The molecule has 7 heteroatoms. The van der Waals surface area contributed by atoms with Gasteiger partial charge in [0, 0.05) is 5.56 Å². The number of aromatic nitrogens is 3. The van der Waals surface area contributed by atoms with Crippen LogP contribution in [-0.4, -0.2) is 22.3 Å². The molecule has 4 aromatic rings. The van der Waals surface area contributed by atoms with Gasteiger partial charge in [-0.2, -0.15) is 5.10 Å². The monoisotopic (exact) mass is 349 g/mol. The van der Waals surface area contributed by atoms with Gasteiger partial charge < -0.3 is 13.9 Å². The lowest BCUT2D eigenvalue weighted by Gasteiger charge is -2.06. The molecule has 0 bridgehead atoms. The number of hydrogen-bond acceptors (Lipinski definition) is 6. The molecule has 0 saturated carbocycles. The van der Waals surface area contributed by atoms with E-state index in [9.17, 15) is 4.79 Å². The van der Waals surface area contributed by atoms with E-state index in [0.29, 0.717) is 23.0 Å². The topological polar surface area (TPSA) is 90.2 Å². The summed E-state index contributed by atoms with van der Waals surface area (Å²) in [5, 5.41) is 7.77. The zero-order valence-electron chi connectivity index (χ0n) is 13.9. The molecule has 2 aromatic heterocycles. The van der Waals surface area contributed by atoms with E-state index >= 15 is 0 Å². The molecule has 0 atom stereocenters. The normalized spacial score (nSPS) is 10.8. The second kappa shape index (κ2) is 6.72. The Morgan fingerprint density at radius 2 is 1.92 bits per heavy atom. The molecule has 0 unspecified atom stereocenters. The minimum absolute atomic E-state index is 0.149. The fourth-order valence-electron chi connectivity index (χ4n) is 2.58. The van der Waals surface area contributed by atoms with Crippen LogP contribution in [0.1, 0.15) is 5.82 Å². The lowest BCUT2D eigenvalue weighted by atomic mass is 10.2. The maximum Gasteiger partial charge on any atom is 0.339 e. The Hall–Kier alpha value is -3.61. The SMILES string of the molecule is COc1ccc(-c2n[nH]c(COc3cc(=O)oc4ccccc34)n2)cc1. The number of nitrogens with one attached hydrogen (secondary N) is 1. The highest BCUT2D eigenvalue weighted by Gasteiger charge is 2.10. The predicted octanol–water partition coefficient (Wildman–Crippen LogP) is 3.17. The van der Waals surface area contributed by atoms with Crippen LogP contribution < -0.4 is 15.1 Å². The van der Waals surface area contributed by atoms with E-state index in [4.69, 9.17) is 13.9 Å². The van der Waals surface area contributed by atoms with Gasteiger partial charge in [-0.15, -0.1) is 0 Å². The van der Waals surface area contributed by atoms with Crippen molar-refractivity contribution in [3.05, 3.63) is 70.8 Å². The Balaban J connectivity index is 1.54. The number of ether oxygens (including phenoxy) is 2. The van der Waals surface area contributed by atoms with Gasteiger partial charge in [0.15, 0.2) is 11.6 Å². The van der Waals surface area contributed by atoms with Crippen molar-refractivity contribution in [1.82, 2.24) is 15.2 Å². The lowest BCUT2D eigenvalue weighted by Crippen LogP contribution is -2.03. The molecular weight excluding hydrogens is 334 g/mol. The molecule has 7 nitrogen and oxygen atoms in total. The van der Waals surface area contributed by atoms with Crippen LogP contribution in [-0.2, 0) is 6.61 Å². The number of H-pyrrole nitrogens is 1. The molecule has 0 aliphatic rings. The molecule has 0 aliphatic heterocycles. The van der Waals surface area contributed by atoms with Crippen molar-refractivity contribution in [1.29, 1.82) is 0 Å². The Bertz CT molecular complexity index is 1100. The van der Waals surface area contributed by atoms with Gasteiger partial charge in [0.25, 0.3) is 0 Å². The van der Waals surface area contributed by atoms with E-state index in [2.05, 4.69) is 15.2 Å². The standard InChI is InChI=1S/C19H15N3O4/c1-24-13-8-6-12(7-9-13)19-20-17(21-22-19)11-25-16-10-18(23)26-15-5-3-2-4-14(15)16/h2-10H,11H2,1H3,(H,20,21,22). The zero-order valence-corrected chi connectivity index (χ0v) is 13.9. The summed E-state index contributed by atoms with van der Waals surface area (Å²) in [7, 11) is 1.62. The van der Waals surface area contributed by atoms with E-state index < -0.39 is 5.63 Å². The van der Waals surface area contributed by atoms with Crippen LogP contribution in [0.4, 0.5) is 0 Å². The van der Waals surface area contributed by atoms with E-state index in [0.717, 1.165) is 16.7 Å². The fraction of sp³-hybridized carbons (Fsp3) is 0.105. The van der Waals surface area contributed by atoms with Gasteiger partial charge in [0.05, 0.1) is 18.6 Å². The van der Waals surface area contributed by atoms with Gasteiger partial charge in [0.1, 0.15) is 23.7 Å². The van der Waals surface area contributed by atoms with Crippen molar-refractivity contribution in [3.63, 3.8) is 0 Å². The summed E-state index contributed by atoms with van der Waals surface area (Å²) in [5.41, 5.74) is 0.876. The average Bonchev–Trinajstić information content (AvgIpc) is 3.15. The van der Waals surface area contributed by atoms with E-state index in [1.54, 1.807) is 19.2 Å². The summed E-state index contributed by atoms with van der Waals surface area (Å²) in [6, 6.07) is 16.0. The van der Waals surface area contributed by atoms with Crippen LogP contribution in [0.15, 0.2) is 63.8 Å². The van der Waals surface area contributed by atoms with Crippen LogP contribution >= 0.6 is 0 Å². The minimum Gasteiger partial charge on any atom is -0.497 e. The van der Waals surface area contributed by atoms with Crippen LogP contribution in [0.5, 0.6) is 11.5 Å². The van der Waals surface area contributed by atoms with Crippen molar-refractivity contribution in [2.24, 2.45) is 0 Å². The average molecular weight is 349 g/mol. The van der Waals surface area contributed by atoms with Gasteiger partial charge in [-0.25, -0.2) is 9.78 Å². The number of aromatic amines is 1. The number of nitrogens with zero attached hydrogens (tertiary/aromatic N) is 2. The van der Waals surface area contributed by atoms with E-state index in [1.807, 2.05) is 36.4 Å². The van der Waals surface area contributed by atoms with Gasteiger partial charge in [-0.1, -0.05) is 12.1 Å². The molecule has 0 fully saturated rings. The van der Waals surface area contributed by atoms with Gasteiger partial charge in [-0.3, -0.25) is 5.10 Å². The van der Waals surface area contributed by atoms with Crippen molar-refractivity contribution in [2.75, 3.05) is 7.11 Å². The summed E-state index contributed by atoms with van der Waals surface area (Å²) >= 11 is 0. The number of benzene rings is 2. The maximum atomic E-state index is 11.7. The van der Waals surface area contributed by atoms with E-state index in [-0.39, 0.29) is 6.61 Å². The molecule has 0 saturated heterocycles. The third-order valence-electron chi connectivity index (χ3n) is 3.86. The third-order valence-corrected chi connectivity index (χ3v) is 3.86. The molecule has 1 N–H and O–H groups in total. The van der Waals surface area contributed by atoms with Crippen LogP contribution in [0.25, 0.3) is 22.4 Å². The number of para-hydroxylation sites is 1. The highest BCUT2D eigenvalue weighted by Crippen LogP contribution is 2.24. The number of fused-ring (bicyclic) bond motifs is 1. The third kappa shape index (κ3) is 3.14. The molecule has 26 heavy (non-hydrogen) atoms. The summed E-state index contributed by atoms with van der Waals surface area (Å²) in [6.07, 6.45) is 0. The number of rotatable bonds is 5. The van der Waals surface area contributed by atoms with Crippen molar-refractivity contribution >= 4 is 11.0 Å². The van der Waals surface area contributed by atoms with Crippen molar-refractivity contribution < 1.29 is 13.9 Å². The van der Waals surface area contributed by atoms with Gasteiger partial charge >= 0.3 is 5.63 Å². The first kappa shape index (κ1) is 15.9. The number of hydrogen-bond donors (Lipinski definition) is 1. The quantitative estimate of drug-likeness (QED) is 0.557. The molecular formula is C19H15N3O4. The van der Waals surface area contributed by atoms with Crippen LogP contribution in [0.2, 0.25) is 0 Å². The lowest BCUT2D eigenvalue weighted by molar-refractivity contribution is 0.297. The first-order chi connectivity index (χ1) is 12.7. The van der Waals surface area contributed by atoms with Crippen LogP contribution in [0.3, 0.4) is 0 Å². The first-order valence-electron chi connectivity index (χ1n) is 7.94. The molecule has 0 aliphatic carbocycles. The molecule has 0 amide bonds. The fourth-order valence-corrected chi connectivity index (χ4v) is 2.58. The molecule has 130 valence electrons. The molecule has 0 radical (unpaired) electrons. The Labute approximate surface area is 148 Å². The Kier molecular flexibility index (Phi) is 4.10. The first-order valence-corrected chi connectivity index (χ1v) is 7.94. The van der Waals surface area contributed by atoms with Crippen molar-refractivity contribution in [2.45, 2.75) is 6.61 Å². The van der Waals surface area contributed by atoms with E-state index in [1.165, 1.54) is 6.07 Å². The Morgan fingerprint density at radius 3 is 2.73 bits per heavy atom. The summed E-state index contributed by atoms with van der Waals surface area (Å²) in [4.78, 5) is 16.1. The van der Waals surface area contributed by atoms with Crippen LogP contribution in [0, 0.1) is 0 Å². The second-order valence-electron chi connectivity index (χ2n) is 5.55. The largest absolute Gasteiger partial charge is 0.497 e. The zero-order chi connectivity index (χ0) is 17.9. The highest BCUT2D eigenvalue weighted by molar-refractivity contribution is 5.82. The predicted molar refractivity (Wildman–Crippen MR) is 95.2 cm³/mol. The Morgan fingerprint density at radius 1 is 1.12 bits per heavy atom. The van der Waals surface area contributed by atoms with Crippen molar-refractivity contribution in [3.8, 4) is 22.9 Å². The summed E-state index contributed by atoms with van der Waals surface area (Å²) < 4.78 is 16.1. The molecule has 2 aromatic carbocycles. The van der Waals surface area contributed by atoms with Gasteiger partial charge in [-0.05, 0) is 36.4 Å². The summed E-state index contributed by atoms with van der Waals surface area (Å²) in [6.45, 7) is 0.149. The smallest absolute Gasteiger partial charge is 0.339 e. The minimum atomic E-state index is -0.463.